The van der Waals surface area contributed by atoms with Crippen molar-refractivity contribution in [1.29, 1.82) is 0 Å². The first-order valence-corrected chi connectivity index (χ1v) is 9.08. The van der Waals surface area contributed by atoms with E-state index in [2.05, 4.69) is 13.8 Å². The van der Waals surface area contributed by atoms with Gasteiger partial charge >= 0.3 is 0 Å². The third-order valence-electron chi connectivity index (χ3n) is 5.13. The Hall–Kier alpha value is -0.120. The van der Waals surface area contributed by atoms with Crippen LogP contribution in [-0.4, -0.2) is 38.6 Å². The van der Waals surface area contributed by atoms with Crippen LogP contribution in [0.2, 0.25) is 0 Å². The van der Waals surface area contributed by atoms with Gasteiger partial charge in [0.1, 0.15) is 0 Å². The van der Waals surface area contributed by atoms with Gasteiger partial charge in [-0.05, 0) is 50.4 Å². The van der Waals surface area contributed by atoms with Gasteiger partial charge in [-0.1, -0.05) is 26.7 Å². The Morgan fingerprint density at radius 1 is 0.810 bits per heavy atom. The Balaban J connectivity index is 1.30. The van der Waals surface area contributed by atoms with E-state index in [0.717, 1.165) is 38.3 Å². The SMILES string of the molecule is CC(CCCCOCCCCC(C)C1CCO1)C1CCO1. The smallest absolute Gasteiger partial charge is 0.0622 e. The van der Waals surface area contributed by atoms with Gasteiger partial charge in [0.2, 0.25) is 0 Å². The zero-order valence-electron chi connectivity index (χ0n) is 14.0. The highest BCUT2D eigenvalue weighted by molar-refractivity contribution is 4.73. The molecule has 0 aromatic rings. The summed E-state index contributed by atoms with van der Waals surface area (Å²) in [7, 11) is 0. The molecule has 0 aromatic carbocycles. The van der Waals surface area contributed by atoms with E-state index >= 15 is 0 Å². The molecule has 3 heteroatoms. The molecule has 2 aliphatic rings. The zero-order valence-corrected chi connectivity index (χ0v) is 14.0. The van der Waals surface area contributed by atoms with Crippen LogP contribution in [0, 0.1) is 11.8 Å². The summed E-state index contributed by atoms with van der Waals surface area (Å²) in [6.45, 7) is 8.45. The van der Waals surface area contributed by atoms with E-state index in [0.29, 0.717) is 12.2 Å². The van der Waals surface area contributed by atoms with Crippen LogP contribution in [0.3, 0.4) is 0 Å². The van der Waals surface area contributed by atoms with Crippen molar-refractivity contribution in [2.45, 2.75) is 77.4 Å². The Kier molecular flexibility index (Phi) is 8.05. The lowest BCUT2D eigenvalue weighted by Gasteiger charge is -2.32. The van der Waals surface area contributed by atoms with Crippen molar-refractivity contribution in [3.8, 4) is 0 Å². The van der Waals surface area contributed by atoms with Crippen LogP contribution in [0.25, 0.3) is 0 Å². The summed E-state index contributed by atoms with van der Waals surface area (Å²) in [5.41, 5.74) is 0. The molecule has 124 valence electrons. The molecule has 4 unspecified atom stereocenters. The van der Waals surface area contributed by atoms with Crippen LogP contribution in [0.15, 0.2) is 0 Å². The topological polar surface area (TPSA) is 27.7 Å². The summed E-state index contributed by atoms with van der Waals surface area (Å²) in [5.74, 6) is 1.46. The van der Waals surface area contributed by atoms with Gasteiger partial charge in [-0.15, -0.1) is 0 Å². The van der Waals surface area contributed by atoms with Crippen LogP contribution in [0.4, 0.5) is 0 Å². The lowest BCUT2D eigenvalue weighted by molar-refractivity contribution is -0.0828. The third kappa shape index (κ3) is 6.25. The van der Waals surface area contributed by atoms with Crippen LogP contribution in [0.5, 0.6) is 0 Å². The van der Waals surface area contributed by atoms with Gasteiger partial charge in [0.15, 0.2) is 0 Å². The summed E-state index contributed by atoms with van der Waals surface area (Å²) in [5, 5.41) is 0. The monoisotopic (exact) mass is 298 g/mol. The van der Waals surface area contributed by atoms with Crippen LogP contribution in [-0.2, 0) is 14.2 Å². The first-order chi connectivity index (χ1) is 10.3. The minimum absolute atomic E-state index is 0.549. The van der Waals surface area contributed by atoms with E-state index in [1.807, 2.05) is 0 Å². The molecule has 3 nitrogen and oxygen atoms in total. The normalized spacial score (nSPS) is 27.7. The maximum atomic E-state index is 5.74. The molecule has 2 heterocycles. The van der Waals surface area contributed by atoms with Gasteiger partial charge in [-0.25, -0.2) is 0 Å². The summed E-state index contributed by atoms with van der Waals surface area (Å²) >= 11 is 0. The molecule has 4 atom stereocenters. The highest BCUT2D eigenvalue weighted by Gasteiger charge is 2.24. The van der Waals surface area contributed by atoms with E-state index in [1.165, 1.54) is 51.4 Å². The first kappa shape index (κ1) is 17.2. The predicted molar refractivity (Wildman–Crippen MR) is 85.6 cm³/mol. The number of ether oxygens (including phenoxy) is 3. The summed E-state index contributed by atoms with van der Waals surface area (Å²) < 4.78 is 16.8. The lowest BCUT2D eigenvalue weighted by atomic mass is 9.93. The summed E-state index contributed by atoms with van der Waals surface area (Å²) in [4.78, 5) is 0. The standard InChI is InChI=1S/C18H34O3/c1-15(17-9-13-20-17)7-3-5-11-19-12-6-4-8-16(2)18-10-14-21-18/h15-18H,3-14H2,1-2H3. The molecule has 21 heavy (non-hydrogen) atoms. The highest BCUT2D eigenvalue weighted by atomic mass is 16.5. The quantitative estimate of drug-likeness (QED) is 0.506. The van der Waals surface area contributed by atoms with Crippen LogP contribution in [0.1, 0.15) is 65.2 Å². The van der Waals surface area contributed by atoms with Crippen molar-refractivity contribution in [2.24, 2.45) is 11.8 Å². The summed E-state index contributed by atoms with van der Waals surface area (Å²) in [6.07, 6.45) is 11.1. The van der Waals surface area contributed by atoms with Crippen molar-refractivity contribution >= 4 is 0 Å². The molecule has 0 N–H and O–H groups in total. The molecule has 0 amide bonds. The second kappa shape index (κ2) is 9.81. The number of unbranched alkanes of at least 4 members (excludes halogenated alkanes) is 2. The van der Waals surface area contributed by atoms with Crippen molar-refractivity contribution in [2.75, 3.05) is 26.4 Å². The van der Waals surface area contributed by atoms with E-state index in [-0.39, 0.29) is 0 Å². The lowest BCUT2D eigenvalue weighted by Crippen LogP contribution is -2.33. The molecule has 0 spiro atoms. The average molecular weight is 298 g/mol. The fourth-order valence-corrected chi connectivity index (χ4v) is 3.22. The van der Waals surface area contributed by atoms with Gasteiger partial charge < -0.3 is 14.2 Å². The molecular formula is C18H34O3. The number of hydrogen-bond acceptors (Lipinski definition) is 3. The maximum Gasteiger partial charge on any atom is 0.0622 e. The van der Waals surface area contributed by atoms with Gasteiger partial charge in [0, 0.05) is 26.4 Å². The molecular weight excluding hydrogens is 264 g/mol. The van der Waals surface area contributed by atoms with Gasteiger partial charge in [-0.3, -0.25) is 0 Å². The van der Waals surface area contributed by atoms with Gasteiger partial charge in [-0.2, -0.15) is 0 Å². The van der Waals surface area contributed by atoms with Crippen molar-refractivity contribution in [3.05, 3.63) is 0 Å². The molecule has 2 fully saturated rings. The van der Waals surface area contributed by atoms with Crippen LogP contribution >= 0.6 is 0 Å². The van der Waals surface area contributed by atoms with E-state index in [1.54, 1.807) is 0 Å². The maximum absolute atomic E-state index is 5.74. The largest absolute Gasteiger partial charge is 0.381 e. The summed E-state index contributed by atoms with van der Waals surface area (Å²) in [6, 6.07) is 0. The van der Waals surface area contributed by atoms with Gasteiger partial charge in [0.05, 0.1) is 12.2 Å². The third-order valence-corrected chi connectivity index (χ3v) is 5.13. The molecule has 2 saturated heterocycles. The Labute approximate surface area is 130 Å². The number of hydrogen-bond donors (Lipinski definition) is 0. The Morgan fingerprint density at radius 3 is 1.57 bits per heavy atom. The molecule has 0 radical (unpaired) electrons. The molecule has 2 aliphatic heterocycles. The zero-order chi connectivity index (χ0) is 14.9. The molecule has 2 rings (SSSR count). The van der Waals surface area contributed by atoms with Crippen molar-refractivity contribution in [1.82, 2.24) is 0 Å². The second-order valence-corrected chi connectivity index (χ2v) is 6.95. The van der Waals surface area contributed by atoms with Crippen molar-refractivity contribution < 1.29 is 14.2 Å². The minimum atomic E-state index is 0.549. The van der Waals surface area contributed by atoms with Crippen LogP contribution < -0.4 is 0 Å². The van der Waals surface area contributed by atoms with Gasteiger partial charge in [0.25, 0.3) is 0 Å². The molecule has 0 aliphatic carbocycles. The number of rotatable bonds is 12. The molecule has 0 bridgehead atoms. The highest BCUT2D eigenvalue weighted by Crippen LogP contribution is 2.25. The van der Waals surface area contributed by atoms with Crippen molar-refractivity contribution in [3.63, 3.8) is 0 Å². The van der Waals surface area contributed by atoms with E-state index in [9.17, 15) is 0 Å². The Morgan fingerprint density at radius 2 is 1.24 bits per heavy atom. The average Bonchev–Trinajstić information content (AvgIpc) is 2.32. The predicted octanol–water partition coefficient (Wildman–Crippen LogP) is 4.19. The molecule has 0 saturated carbocycles. The minimum Gasteiger partial charge on any atom is -0.381 e. The second-order valence-electron chi connectivity index (χ2n) is 6.95. The first-order valence-electron chi connectivity index (χ1n) is 9.08. The molecule has 0 aromatic heterocycles. The fourth-order valence-electron chi connectivity index (χ4n) is 3.22. The van der Waals surface area contributed by atoms with E-state index < -0.39 is 0 Å². The Bertz CT molecular complexity index is 235. The fraction of sp³-hybridized carbons (Fsp3) is 1.00. The van der Waals surface area contributed by atoms with E-state index in [4.69, 9.17) is 14.2 Å².